The highest BCUT2D eigenvalue weighted by atomic mass is 16.5. The van der Waals surface area contributed by atoms with E-state index < -0.39 is 17.7 Å². The lowest BCUT2D eigenvalue weighted by molar-refractivity contribution is -0.140. The van der Waals surface area contributed by atoms with Crippen molar-refractivity contribution in [2.75, 3.05) is 13.7 Å². The third-order valence-corrected chi connectivity index (χ3v) is 6.80. The number of phenolic OH excluding ortho intramolecular Hbond substituents is 1. The summed E-state index contributed by atoms with van der Waals surface area (Å²) in [4.78, 5) is 28.3. The number of carbonyl (C=O) groups excluding carboxylic acids is 2. The zero-order valence-corrected chi connectivity index (χ0v) is 21.4. The Morgan fingerprint density at radius 1 is 1.11 bits per heavy atom. The summed E-state index contributed by atoms with van der Waals surface area (Å²) in [6.45, 7) is 4.17. The van der Waals surface area contributed by atoms with Gasteiger partial charge in [-0.15, -0.1) is 0 Å². The summed E-state index contributed by atoms with van der Waals surface area (Å²) in [6.07, 6.45) is 0.699. The Balaban J connectivity index is 1.64. The third-order valence-electron chi connectivity index (χ3n) is 6.80. The van der Waals surface area contributed by atoms with E-state index in [4.69, 9.17) is 14.2 Å². The van der Waals surface area contributed by atoms with Crippen molar-refractivity contribution in [2.24, 2.45) is 0 Å². The lowest BCUT2D eigenvalue weighted by atomic mass is 9.94. The fourth-order valence-electron chi connectivity index (χ4n) is 5.05. The van der Waals surface area contributed by atoms with Crippen molar-refractivity contribution in [1.29, 1.82) is 0 Å². The number of methoxy groups -OCH3 is 1. The minimum Gasteiger partial charge on any atom is -0.507 e. The van der Waals surface area contributed by atoms with Gasteiger partial charge in [0.15, 0.2) is 11.5 Å². The van der Waals surface area contributed by atoms with Crippen LogP contribution in [0.5, 0.6) is 23.0 Å². The number of amides is 1. The van der Waals surface area contributed by atoms with Gasteiger partial charge in [0.2, 0.25) is 0 Å². The van der Waals surface area contributed by atoms with Crippen LogP contribution in [0.4, 0.5) is 0 Å². The quantitative estimate of drug-likeness (QED) is 0.266. The minimum absolute atomic E-state index is 0.0184. The SMILES string of the molecule is CCOc1cc(C2/C(=C(\O)c3ccc4c(c3)CC(C)O4)C(=O)C(=O)N2Cc2cccc(OC)c2)ccc1O. The summed E-state index contributed by atoms with van der Waals surface area (Å²) < 4.78 is 16.7. The predicted molar refractivity (Wildman–Crippen MR) is 140 cm³/mol. The highest BCUT2D eigenvalue weighted by Gasteiger charge is 2.46. The second-order valence-corrected chi connectivity index (χ2v) is 9.39. The molecule has 1 saturated heterocycles. The molecule has 0 bridgehead atoms. The van der Waals surface area contributed by atoms with Crippen LogP contribution in [-0.2, 0) is 22.6 Å². The number of benzene rings is 3. The second kappa shape index (κ2) is 10.1. The molecule has 8 heteroatoms. The maximum Gasteiger partial charge on any atom is 0.295 e. The van der Waals surface area contributed by atoms with Gasteiger partial charge in [0.25, 0.3) is 11.7 Å². The van der Waals surface area contributed by atoms with Crippen molar-refractivity contribution < 1.29 is 34.0 Å². The first-order chi connectivity index (χ1) is 18.3. The van der Waals surface area contributed by atoms with Crippen LogP contribution in [0.25, 0.3) is 5.76 Å². The number of aliphatic hydroxyl groups is 1. The first-order valence-electron chi connectivity index (χ1n) is 12.5. The molecule has 2 aliphatic heterocycles. The molecule has 3 aromatic rings. The van der Waals surface area contributed by atoms with E-state index in [0.29, 0.717) is 29.9 Å². The number of hydrogen-bond acceptors (Lipinski definition) is 7. The van der Waals surface area contributed by atoms with Crippen molar-refractivity contribution in [3.63, 3.8) is 0 Å². The summed E-state index contributed by atoms with van der Waals surface area (Å²) in [7, 11) is 1.55. The normalized spacial score (nSPS) is 19.8. The van der Waals surface area contributed by atoms with Crippen molar-refractivity contribution >= 4 is 17.4 Å². The Hall–Kier alpha value is -4.46. The number of Topliss-reactive ketones (excluding diaryl/α,β-unsaturated/α-hetero) is 1. The van der Waals surface area contributed by atoms with Gasteiger partial charge in [0.05, 0.1) is 25.3 Å². The van der Waals surface area contributed by atoms with Crippen LogP contribution >= 0.6 is 0 Å². The van der Waals surface area contributed by atoms with Gasteiger partial charge in [-0.1, -0.05) is 18.2 Å². The standard InChI is InChI=1S/C30H29NO7/c1-4-37-25-15-19(8-10-23(25)32)27-26(28(33)20-9-11-24-21(14-20)12-17(2)38-24)29(34)30(35)31(27)16-18-6-5-7-22(13-18)36-3/h5-11,13-15,17,27,32-33H,4,12,16H2,1-3H3/b28-26+. The Morgan fingerprint density at radius 2 is 1.92 bits per heavy atom. The fourth-order valence-corrected chi connectivity index (χ4v) is 5.05. The van der Waals surface area contributed by atoms with Crippen LogP contribution in [0.15, 0.2) is 66.2 Å². The van der Waals surface area contributed by atoms with Gasteiger partial charge in [-0.2, -0.15) is 0 Å². The van der Waals surface area contributed by atoms with Crippen LogP contribution < -0.4 is 14.2 Å². The first kappa shape index (κ1) is 25.2. The van der Waals surface area contributed by atoms with E-state index in [1.807, 2.05) is 13.0 Å². The average molecular weight is 516 g/mol. The number of carbonyl (C=O) groups is 2. The van der Waals surface area contributed by atoms with Crippen molar-refractivity contribution in [2.45, 2.75) is 39.0 Å². The van der Waals surface area contributed by atoms with Crippen LogP contribution in [0.1, 0.15) is 42.1 Å². The molecular weight excluding hydrogens is 486 g/mol. The lowest BCUT2D eigenvalue weighted by Crippen LogP contribution is -2.29. The molecule has 5 rings (SSSR count). The minimum atomic E-state index is -0.913. The lowest BCUT2D eigenvalue weighted by Gasteiger charge is -2.26. The number of fused-ring (bicyclic) bond motifs is 1. The molecule has 0 aliphatic carbocycles. The Morgan fingerprint density at radius 3 is 2.68 bits per heavy atom. The monoisotopic (exact) mass is 515 g/mol. The largest absolute Gasteiger partial charge is 0.507 e. The molecule has 0 radical (unpaired) electrons. The predicted octanol–water partition coefficient (Wildman–Crippen LogP) is 4.74. The summed E-state index contributed by atoms with van der Waals surface area (Å²) in [6, 6.07) is 16.2. The van der Waals surface area contributed by atoms with Crippen LogP contribution in [-0.4, -0.2) is 46.6 Å². The summed E-state index contributed by atoms with van der Waals surface area (Å²) in [5, 5.41) is 21.7. The molecular formula is C30H29NO7. The summed E-state index contributed by atoms with van der Waals surface area (Å²) in [5.41, 5.74) is 2.59. The van der Waals surface area contributed by atoms with Crippen LogP contribution in [0, 0.1) is 0 Å². The second-order valence-electron chi connectivity index (χ2n) is 9.39. The average Bonchev–Trinajstić information content (AvgIpc) is 3.41. The number of nitrogens with zero attached hydrogens (tertiary/aromatic N) is 1. The molecule has 0 spiro atoms. The van der Waals surface area contributed by atoms with Gasteiger partial charge in [0, 0.05) is 18.5 Å². The Labute approximate surface area is 220 Å². The van der Waals surface area contributed by atoms with Crippen molar-refractivity contribution in [3.8, 4) is 23.0 Å². The number of rotatable bonds is 7. The first-order valence-corrected chi connectivity index (χ1v) is 12.5. The molecule has 1 fully saturated rings. The molecule has 0 aromatic heterocycles. The molecule has 0 saturated carbocycles. The van der Waals surface area contributed by atoms with E-state index in [1.54, 1.807) is 62.6 Å². The van der Waals surface area contributed by atoms with Crippen molar-refractivity contribution in [1.82, 2.24) is 4.90 Å². The summed E-state index contributed by atoms with van der Waals surface area (Å²) >= 11 is 0. The zero-order valence-electron chi connectivity index (χ0n) is 21.4. The van der Waals surface area contributed by atoms with Gasteiger partial charge in [-0.25, -0.2) is 0 Å². The topological polar surface area (TPSA) is 106 Å². The van der Waals surface area contributed by atoms with Gasteiger partial charge in [-0.3, -0.25) is 9.59 Å². The van der Waals surface area contributed by atoms with Gasteiger partial charge < -0.3 is 29.3 Å². The van der Waals surface area contributed by atoms with E-state index in [9.17, 15) is 19.8 Å². The Bertz CT molecular complexity index is 1440. The number of hydrogen-bond donors (Lipinski definition) is 2. The molecule has 1 amide bonds. The van der Waals surface area contributed by atoms with E-state index in [0.717, 1.165) is 16.9 Å². The molecule has 3 aromatic carbocycles. The van der Waals surface area contributed by atoms with E-state index in [1.165, 1.54) is 11.0 Å². The molecule has 2 atom stereocenters. The van der Waals surface area contributed by atoms with Crippen LogP contribution in [0.3, 0.4) is 0 Å². The van der Waals surface area contributed by atoms with Crippen molar-refractivity contribution in [3.05, 3.63) is 88.5 Å². The van der Waals surface area contributed by atoms with Gasteiger partial charge in [0.1, 0.15) is 23.4 Å². The Kier molecular flexibility index (Phi) is 6.72. The maximum absolute atomic E-state index is 13.5. The molecule has 196 valence electrons. The highest BCUT2D eigenvalue weighted by molar-refractivity contribution is 6.46. The highest BCUT2D eigenvalue weighted by Crippen LogP contribution is 2.43. The van der Waals surface area contributed by atoms with Crippen LogP contribution in [0.2, 0.25) is 0 Å². The number of likely N-dealkylation sites (tertiary alicyclic amines) is 1. The smallest absolute Gasteiger partial charge is 0.295 e. The van der Waals surface area contributed by atoms with E-state index in [2.05, 4.69) is 0 Å². The molecule has 2 aliphatic rings. The maximum atomic E-state index is 13.5. The molecule has 2 unspecified atom stereocenters. The number of ketones is 1. The van der Waals surface area contributed by atoms with Gasteiger partial charge in [-0.05, 0) is 73.0 Å². The van der Waals surface area contributed by atoms with E-state index >= 15 is 0 Å². The number of aliphatic hydroxyl groups excluding tert-OH is 1. The number of ether oxygens (including phenoxy) is 3. The molecule has 8 nitrogen and oxygen atoms in total. The number of aromatic hydroxyl groups is 1. The fraction of sp³-hybridized carbons (Fsp3) is 0.267. The zero-order chi connectivity index (χ0) is 27.0. The van der Waals surface area contributed by atoms with E-state index in [-0.39, 0.29) is 35.5 Å². The number of phenols is 1. The molecule has 38 heavy (non-hydrogen) atoms. The molecule has 2 N–H and O–H groups in total. The molecule has 2 heterocycles. The van der Waals surface area contributed by atoms with Gasteiger partial charge >= 0.3 is 0 Å². The third kappa shape index (κ3) is 4.53. The summed E-state index contributed by atoms with van der Waals surface area (Å²) in [5.74, 6) is -0.267.